The third kappa shape index (κ3) is 3.03. The third-order valence-electron chi connectivity index (χ3n) is 4.82. The van der Waals surface area contributed by atoms with Crippen molar-refractivity contribution in [3.8, 4) is 0 Å². The summed E-state index contributed by atoms with van der Waals surface area (Å²) >= 11 is 3.48. The number of furan rings is 1. The number of aromatic nitrogens is 3. The van der Waals surface area contributed by atoms with Gasteiger partial charge < -0.3 is 9.73 Å². The zero-order chi connectivity index (χ0) is 19.8. The van der Waals surface area contributed by atoms with Crippen LogP contribution in [-0.4, -0.2) is 20.1 Å². The monoisotopic (exact) mass is 442 g/mol. The van der Waals surface area contributed by atoms with Crippen LogP contribution in [0.2, 0.25) is 0 Å². The van der Waals surface area contributed by atoms with Gasteiger partial charge in [0.05, 0.1) is 11.8 Å². The van der Waals surface area contributed by atoms with Crippen molar-refractivity contribution in [1.29, 1.82) is 0 Å². The van der Waals surface area contributed by atoms with E-state index < -0.39 is 6.04 Å². The van der Waals surface area contributed by atoms with Gasteiger partial charge in [0.15, 0.2) is 5.58 Å². The summed E-state index contributed by atoms with van der Waals surface area (Å²) in [5.74, 6) is 0.370. The second-order valence-corrected chi connectivity index (χ2v) is 7.42. The van der Waals surface area contributed by atoms with Gasteiger partial charge >= 0.3 is 0 Å². The van der Waals surface area contributed by atoms with Crippen molar-refractivity contribution in [1.82, 2.24) is 19.5 Å². The first-order chi connectivity index (χ1) is 13.5. The SMILES string of the molecule is CC[C@H](C(=O)NCc1ccccc1Br)n1nc(C)n2c(cc3occc32)c1=O. The lowest BCUT2D eigenvalue weighted by Crippen LogP contribution is -2.39. The van der Waals surface area contributed by atoms with E-state index in [0.717, 1.165) is 15.6 Å². The molecule has 0 spiro atoms. The van der Waals surface area contributed by atoms with Crippen molar-refractivity contribution in [2.45, 2.75) is 32.9 Å². The Morgan fingerprint density at radius 3 is 2.82 bits per heavy atom. The number of nitrogens with zero attached hydrogens (tertiary/aromatic N) is 3. The van der Waals surface area contributed by atoms with Gasteiger partial charge in [0.25, 0.3) is 5.56 Å². The number of halogens is 1. The zero-order valence-corrected chi connectivity index (χ0v) is 17.1. The highest BCUT2D eigenvalue weighted by molar-refractivity contribution is 9.10. The molecule has 3 heterocycles. The van der Waals surface area contributed by atoms with E-state index in [1.807, 2.05) is 31.2 Å². The Bertz CT molecular complexity index is 1240. The van der Waals surface area contributed by atoms with E-state index in [-0.39, 0.29) is 11.5 Å². The number of benzene rings is 1. The van der Waals surface area contributed by atoms with Crippen LogP contribution in [0.1, 0.15) is 30.8 Å². The van der Waals surface area contributed by atoms with Gasteiger partial charge in [-0.15, -0.1) is 0 Å². The van der Waals surface area contributed by atoms with Gasteiger partial charge in [0, 0.05) is 23.2 Å². The Labute approximate surface area is 169 Å². The molecule has 0 radical (unpaired) electrons. The minimum Gasteiger partial charge on any atom is -0.463 e. The Morgan fingerprint density at radius 1 is 1.29 bits per heavy atom. The van der Waals surface area contributed by atoms with Gasteiger partial charge in [0.2, 0.25) is 5.91 Å². The Balaban J connectivity index is 1.68. The number of rotatable bonds is 5. The number of fused-ring (bicyclic) bond motifs is 3. The number of amides is 1. The standard InChI is InChI=1S/C20H19BrN4O3/c1-3-15(19(26)22-11-13-6-4-5-7-14(13)21)25-20(27)17-10-18-16(8-9-28-18)24(17)12(2)23-25/h4-10,15H,3,11H2,1-2H3,(H,22,26)/t15-/m1/s1. The van der Waals surface area contributed by atoms with Crippen molar-refractivity contribution in [2.24, 2.45) is 0 Å². The fourth-order valence-electron chi connectivity index (χ4n) is 3.42. The van der Waals surface area contributed by atoms with Crippen molar-refractivity contribution in [2.75, 3.05) is 0 Å². The summed E-state index contributed by atoms with van der Waals surface area (Å²) in [5.41, 5.74) is 2.49. The van der Waals surface area contributed by atoms with Crippen LogP contribution >= 0.6 is 15.9 Å². The summed E-state index contributed by atoms with van der Waals surface area (Å²) in [6, 6.07) is 10.5. The molecule has 7 nitrogen and oxygen atoms in total. The highest BCUT2D eigenvalue weighted by atomic mass is 79.9. The number of nitrogens with one attached hydrogen (secondary N) is 1. The second kappa shape index (κ2) is 7.27. The second-order valence-electron chi connectivity index (χ2n) is 6.57. The lowest BCUT2D eigenvalue weighted by atomic mass is 10.2. The summed E-state index contributed by atoms with van der Waals surface area (Å²) in [7, 11) is 0. The van der Waals surface area contributed by atoms with E-state index in [4.69, 9.17) is 4.42 Å². The molecule has 4 rings (SSSR count). The highest BCUT2D eigenvalue weighted by Crippen LogP contribution is 2.21. The molecule has 28 heavy (non-hydrogen) atoms. The number of hydrogen-bond donors (Lipinski definition) is 1. The molecular weight excluding hydrogens is 424 g/mol. The minimum atomic E-state index is -0.695. The first-order valence-electron chi connectivity index (χ1n) is 9.00. The van der Waals surface area contributed by atoms with Crippen LogP contribution in [0, 0.1) is 6.92 Å². The first-order valence-corrected chi connectivity index (χ1v) is 9.79. The molecule has 0 aliphatic carbocycles. The fraction of sp³-hybridized carbons (Fsp3) is 0.250. The molecule has 1 aromatic carbocycles. The minimum absolute atomic E-state index is 0.244. The number of aryl methyl sites for hydroxylation is 1. The van der Waals surface area contributed by atoms with Gasteiger partial charge in [-0.1, -0.05) is 41.1 Å². The van der Waals surface area contributed by atoms with E-state index in [2.05, 4.69) is 26.3 Å². The van der Waals surface area contributed by atoms with Crippen molar-refractivity contribution < 1.29 is 9.21 Å². The molecule has 0 saturated carbocycles. The molecule has 0 bridgehead atoms. The van der Waals surface area contributed by atoms with Gasteiger partial charge in [-0.25, -0.2) is 4.68 Å². The number of carbonyl (C=O) groups is 1. The van der Waals surface area contributed by atoms with Crippen molar-refractivity contribution in [3.05, 3.63) is 68.9 Å². The Hall–Kier alpha value is -2.87. The molecule has 0 aliphatic rings. The van der Waals surface area contributed by atoms with Crippen LogP contribution in [0.25, 0.3) is 16.6 Å². The lowest BCUT2D eigenvalue weighted by Gasteiger charge is -2.18. The molecule has 1 amide bonds. The molecule has 0 saturated heterocycles. The first kappa shape index (κ1) is 18.5. The number of hydrogen-bond acceptors (Lipinski definition) is 4. The topological polar surface area (TPSA) is 81.5 Å². The molecule has 0 unspecified atom stereocenters. The van der Waals surface area contributed by atoms with E-state index in [1.165, 1.54) is 4.68 Å². The fourth-order valence-corrected chi connectivity index (χ4v) is 3.84. The maximum atomic E-state index is 13.0. The maximum Gasteiger partial charge on any atom is 0.291 e. The predicted molar refractivity (Wildman–Crippen MR) is 109 cm³/mol. The predicted octanol–water partition coefficient (Wildman–Crippen LogP) is 3.58. The summed E-state index contributed by atoms with van der Waals surface area (Å²) in [6.07, 6.45) is 2.02. The average Bonchev–Trinajstić information content (AvgIpc) is 3.27. The summed E-state index contributed by atoms with van der Waals surface area (Å²) in [6.45, 7) is 4.03. The smallest absolute Gasteiger partial charge is 0.291 e. The normalized spacial score (nSPS) is 12.5. The molecule has 3 aromatic heterocycles. The van der Waals surface area contributed by atoms with E-state index in [9.17, 15) is 9.59 Å². The van der Waals surface area contributed by atoms with Gasteiger partial charge in [-0.05, 0) is 25.0 Å². The molecule has 0 aliphatic heterocycles. The quantitative estimate of drug-likeness (QED) is 0.511. The van der Waals surface area contributed by atoms with Crippen molar-refractivity contribution in [3.63, 3.8) is 0 Å². The highest BCUT2D eigenvalue weighted by Gasteiger charge is 2.24. The van der Waals surface area contributed by atoms with Crippen LogP contribution in [0.5, 0.6) is 0 Å². The van der Waals surface area contributed by atoms with E-state index in [0.29, 0.717) is 29.9 Å². The van der Waals surface area contributed by atoms with Crippen LogP contribution in [0.4, 0.5) is 0 Å². The van der Waals surface area contributed by atoms with Gasteiger partial charge in [0.1, 0.15) is 17.4 Å². The summed E-state index contributed by atoms with van der Waals surface area (Å²) in [4.78, 5) is 25.9. The Kier molecular flexibility index (Phi) is 4.80. The molecular formula is C20H19BrN4O3. The lowest BCUT2D eigenvalue weighted by molar-refractivity contribution is -0.125. The Morgan fingerprint density at radius 2 is 2.07 bits per heavy atom. The summed E-state index contributed by atoms with van der Waals surface area (Å²) < 4.78 is 9.36. The van der Waals surface area contributed by atoms with E-state index in [1.54, 1.807) is 29.7 Å². The summed E-state index contributed by atoms with van der Waals surface area (Å²) in [5, 5.41) is 7.33. The largest absolute Gasteiger partial charge is 0.463 e. The third-order valence-corrected chi connectivity index (χ3v) is 5.60. The molecule has 1 N–H and O–H groups in total. The van der Waals surface area contributed by atoms with Crippen LogP contribution in [0.3, 0.4) is 0 Å². The van der Waals surface area contributed by atoms with Gasteiger partial charge in [-0.2, -0.15) is 5.10 Å². The maximum absolute atomic E-state index is 13.0. The average molecular weight is 443 g/mol. The van der Waals surface area contributed by atoms with E-state index >= 15 is 0 Å². The van der Waals surface area contributed by atoms with Crippen molar-refractivity contribution >= 4 is 38.5 Å². The zero-order valence-electron chi connectivity index (χ0n) is 15.5. The molecule has 8 heteroatoms. The molecule has 4 aromatic rings. The molecule has 1 atom stereocenters. The molecule has 144 valence electrons. The van der Waals surface area contributed by atoms with Crippen LogP contribution < -0.4 is 10.9 Å². The van der Waals surface area contributed by atoms with Crippen LogP contribution in [0.15, 0.2) is 56.3 Å². The van der Waals surface area contributed by atoms with Crippen LogP contribution in [-0.2, 0) is 11.3 Å². The molecule has 0 fully saturated rings. The van der Waals surface area contributed by atoms with Gasteiger partial charge in [-0.3, -0.25) is 14.0 Å². The number of carbonyl (C=O) groups excluding carboxylic acids is 1.